The molecular weight excluding hydrogens is 270 g/mol. The Balaban J connectivity index is 1.84. The maximum absolute atomic E-state index is 6.08. The minimum absolute atomic E-state index is 0.0740. The van der Waals surface area contributed by atoms with Gasteiger partial charge in [-0.2, -0.15) is 0 Å². The lowest BCUT2D eigenvalue weighted by Gasteiger charge is -2.21. The van der Waals surface area contributed by atoms with Gasteiger partial charge in [0.15, 0.2) is 0 Å². The van der Waals surface area contributed by atoms with E-state index in [-0.39, 0.29) is 40.7 Å². The molecule has 0 amide bonds. The summed E-state index contributed by atoms with van der Waals surface area (Å²) in [4.78, 5) is 0. The van der Waals surface area contributed by atoms with Gasteiger partial charge < -0.3 is 18.5 Å². The molecule has 2 fully saturated rings. The van der Waals surface area contributed by atoms with Crippen LogP contribution >= 0.6 is 16.3 Å². The van der Waals surface area contributed by atoms with E-state index in [2.05, 4.69) is 26.9 Å². The molecule has 4 nitrogen and oxygen atoms in total. The van der Waals surface area contributed by atoms with E-state index >= 15 is 0 Å². The molecule has 2 heterocycles. The fourth-order valence-corrected chi connectivity index (χ4v) is 4.58. The molecule has 0 bridgehead atoms. The molecule has 5 unspecified atom stereocenters. The van der Waals surface area contributed by atoms with Gasteiger partial charge in [-0.3, -0.25) is 0 Å². The number of fused-ring (bicyclic) bond motifs is 1. The first kappa shape index (κ1) is 15.1. The van der Waals surface area contributed by atoms with Crippen molar-refractivity contribution in [3.8, 4) is 0 Å². The van der Waals surface area contributed by atoms with Gasteiger partial charge in [-0.25, -0.2) is 0 Å². The number of hydrogen-bond acceptors (Lipinski definition) is 4. The van der Waals surface area contributed by atoms with Crippen molar-refractivity contribution in [1.29, 1.82) is 0 Å². The lowest BCUT2D eigenvalue weighted by molar-refractivity contribution is 0.0255. The molecule has 2 rings (SSSR count). The molecule has 2 aliphatic heterocycles. The van der Waals surface area contributed by atoms with Gasteiger partial charge in [-0.15, -0.1) is 0 Å². The minimum atomic E-state index is -0.369. The molecule has 0 N–H and O–H groups in total. The molecule has 5 atom stereocenters. The molecule has 106 valence electrons. The maximum atomic E-state index is 6.08. The zero-order valence-corrected chi connectivity index (χ0v) is 13.5. The summed E-state index contributed by atoms with van der Waals surface area (Å²) in [5.41, 5.74) is 0. The van der Waals surface area contributed by atoms with E-state index in [1.165, 1.54) is 6.42 Å². The summed E-state index contributed by atoms with van der Waals surface area (Å²) in [6.45, 7) is 9.89. The first-order chi connectivity index (χ1) is 8.61. The summed E-state index contributed by atoms with van der Waals surface area (Å²) < 4.78 is 23.6. The van der Waals surface area contributed by atoms with Gasteiger partial charge in [0.05, 0.1) is 13.2 Å². The highest BCUT2D eigenvalue weighted by Crippen LogP contribution is 2.42. The Labute approximate surface area is 112 Å². The van der Waals surface area contributed by atoms with Crippen LogP contribution in [0.25, 0.3) is 0 Å². The van der Waals surface area contributed by atoms with Crippen LogP contribution < -0.4 is 0 Å². The van der Waals surface area contributed by atoms with E-state index in [0.29, 0.717) is 13.2 Å². The zero-order chi connectivity index (χ0) is 13.1. The van der Waals surface area contributed by atoms with Crippen LogP contribution in [0.3, 0.4) is 0 Å². The maximum Gasteiger partial charge on any atom is 0.115 e. The molecule has 0 aromatic carbocycles. The smallest absolute Gasteiger partial charge is 0.115 e. The number of hydrogen-bond donors (Lipinski definition) is 0. The summed E-state index contributed by atoms with van der Waals surface area (Å²) in [7, 11) is -0.712. The molecule has 0 aliphatic carbocycles. The summed E-state index contributed by atoms with van der Waals surface area (Å²) >= 11 is 0. The van der Waals surface area contributed by atoms with Crippen molar-refractivity contribution in [1.82, 2.24) is 0 Å². The Hall–Kier alpha value is 0.700. The average molecular weight is 294 g/mol. The monoisotopic (exact) mass is 294 g/mol. The van der Waals surface area contributed by atoms with Gasteiger partial charge in [0, 0.05) is 16.3 Å². The topological polar surface area (TPSA) is 36.9 Å². The van der Waals surface area contributed by atoms with Crippen LogP contribution in [0.1, 0.15) is 13.3 Å². The lowest BCUT2D eigenvalue weighted by Crippen LogP contribution is -2.32. The molecule has 0 saturated carbocycles. The van der Waals surface area contributed by atoms with Crippen molar-refractivity contribution < 1.29 is 18.5 Å². The Kier molecular flexibility index (Phi) is 5.81. The van der Waals surface area contributed by atoms with Crippen molar-refractivity contribution in [2.75, 3.05) is 39.4 Å². The first-order valence-electron chi connectivity index (χ1n) is 6.57. The molecular formula is C12H24O4P2. The lowest BCUT2D eigenvalue weighted by atomic mass is 10.1. The van der Waals surface area contributed by atoms with Gasteiger partial charge in [0.1, 0.15) is 24.4 Å². The van der Waals surface area contributed by atoms with Crippen molar-refractivity contribution >= 4 is 16.3 Å². The normalized spacial score (nSPS) is 37.2. The summed E-state index contributed by atoms with van der Waals surface area (Å²) in [6.07, 6.45) is 2.67. The Morgan fingerprint density at radius 3 is 2.06 bits per heavy atom. The standard InChI is InChI=1S/C12H24O4P2/c1-5-6-18(4)16-10-8-14-11-9(15-17(2)3)7-13-12(10)11/h9-12H,5-8H2,1-4H3. The van der Waals surface area contributed by atoms with Gasteiger partial charge in [-0.05, 0) is 26.2 Å². The quantitative estimate of drug-likeness (QED) is 0.706. The minimum Gasteiger partial charge on any atom is -0.370 e. The molecule has 18 heavy (non-hydrogen) atoms. The molecule has 0 radical (unpaired) electrons. The van der Waals surface area contributed by atoms with Crippen LogP contribution in [-0.4, -0.2) is 63.8 Å². The molecule has 0 aromatic heterocycles. The van der Waals surface area contributed by atoms with Crippen LogP contribution in [0, 0.1) is 0 Å². The van der Waals surface area contributed by atoms with Crippen molar-refractivity contribution in [2.45, 2.75) is 37.8 Å². The van der Waals surface area contributed by atoms with Crippen LogP contribution in [0.2, 0.25) is 0 Å². The van der Waals surface area contributed by atoms with Crippen LogP contribution in [-0.2, 0) is 18.5 Å². The third-order valence-corrected chi connectivity index (χ3v) is 5.56. The van der Waals surface area contributed by atoms with E-state index in [1.807, 2.05) is 0 Å². The zero-order valence-electron chi connectivity index (χ0n) is 11.7. The van der Waals surface area contributed by atoms with E-state index in [9.17, 15) is 0 Å². The van der Waals surface area contributed by atoms with E-state index in [1.54, 1.807) is 0 Å². The van der Waals surface area contributed by atoms with Gasteiger partial charge >= 0.3 is 0 Å². The van der Waals surface area contributed by atoms with Crippen LogP contribution in [0.4, 0.5) is 0 Å². The Morgan fingerprint density at radius 2 is 1.56 bits per heavy atom. The van der Waals surface area contributed by atoms with Crippen LogP contribution in [0.5, 0.6) is 0 Å². The molecule has 6 heteroatoms. The molecule has 0 aromatic rings. The fraction of sp³-hybridized carbons (Fsp3) is 1.00. The summed E-state index contributed by atoms with van der Waals surface area (Å²) in [5, 5.41) is 0. The van der Waals surface area contributed by atoms with E-state index < -0.39 is 0 Å². The van der Waals surface area contributed by atoms with Gasteiger partial charge in [0.2, 0.25) is 0 Å². The predicted molar refractivity (Wildman–Crippen MR) is 76.0 cm³/mol. The Morgan fingerprint density at radius 1 is 1.00 bits per heavy atom. The second kappa shape index (κ2) is 6.92. The van der Waals surface area contributed by atoms with Gasteiger partial charge in [-0.1, -0.05) is 13.3 Å². The fourth-order valence-electron chi connectivity index (χ4n) is 2.48. The van der Waals surface area contributed by atoms with Crippen molar-refractivity contribution in [2.24, 2.45) is 0 Å². The number of ether oxygens (including phenoxy) is 2. The van der Waals surface area contributed by atoms with Crippen molar-refractivity contribution in [3.05, 3.63) is 0 Å². The van der Waals surface area contributed by atoms with Gasteiger partial charge in [0.25, 0.3) is 0 Å². The largest absolute Gasteiger partial charge is 0.370 e. The third kappa shape index (κ3) is 3.62. The number of rotatable bonds is 6. The van der Waals surface area contributed by atoms with E-state index in [0.717, 1.165) is 6.16 Å². The third-order valence-electron chi connectivity index (χ3n) is 3.16. The molecule has 0 spiro atoms. The molecule has 2 saturated heterocycles. The Bertz CT molecular complexity index is 264. The highest BCUT2D eigenvalue weighted by atomic mass is 31.1. The summed E-state index contributed by atoms with van der Waals surface area (Å²) in [6, 6.07) is 0. The molecule has 2 aliphatic rings. The second-order valence-electron chi connectivity index (χ2n) is 5.05. The summed E-state index contributed by atoms with van der Waals surface area (Å²) in [5.74, 6) is 0. The predicted octanol–water partition coefficient (Wildman–Crippen LogP) is 2.65. The second-order valence-corrected chi connectivity index (χ2v) is 8.80. The van der Waals surface area contributed by atoms with Crippen LogP contribution in [0.15, 0.2) is 0 Å². The SMILES string of the molecule is CCCP(C)OC1COC2C(OP(C)C)COC12. The van der Waals surface area contributed by atoms with E-state index in [4.69, 9.17) is 18.5 Å². The highest BCUT2D eigenvalue weighted by Gasteiger charge is 2.49. The average Bonchev–Trinajstić information content (AvgIpc) is 2.83. The first-order valence-corrected chi connectivity index (χ1v) is 10.6. The highest BCUT2D eigenvalue weighted by molar-refractivity contribution is 7.51. The van der Waals surface area contributed by atoms with Crippen molar-refractivity contribution in [3.63, 3.8) is 0 Å².